The van der Waals surface area contributed by atoms with Gasteiger partial charge in [-0.1, -0.05) is 35.4 Å². The van der Waals surface area contributed by atoms with Crippen molar-refractivity contribution in [3.05, 3.63) is 63.5 Å². The maximum Gasteiger partial charge on any atom is 0.348 e. The van der Waals surface area contributed by atoms with Crippen LogP contribution >= 0.6 is 11.6 Å². The molecule has 3 nitrogen and oxygen atoms in total. The number of benzene rings is 2. The lowest BCUT2D eigenvalue weighted by molar-refractivity contribution is 0.518. The van der Waals surface area contributed by atoms with E-state index in [1.165, 1.54) is 0 Å². The van der Waals surface area contributed by atoms with Gasteiger partial charge in [-0.2, -0.15) is 0 Å². The number of hydrogen-bond donors (Lipinski definition) is 0. The quantitative estimate of drug-likeness (QED) is 0.676. The molecule has 0 N–H and O–H groups in total. The zero-order valence-electron chi connectivity index (χ0n) is 10.2. The minimum Gasteiger partial charge on any atom is -0.403 e. The molecule has 1 heterocycles. The van der Waals surface area contributed by atoms with Crippen LogP contribution in [0.15, 0.2) is 51.7 Å². The van der Waals surface area contributed by atoms with Gasteiger partial charge in [-0.15, -0.1) is 0 Å². The number of halogens is 1. The largest absolute Gasteiger partial charge is 0.403 e. The number of nitrogens with zero attached hydrogens (tertiary/aromatic N) is 1. The van der Waals surface area contributed by atoms with Gasteiger partial charge < -0.3 is 4.42 Å². The van der Waals surface area contributed by atoms with E-state index in [9.17, 15) is 4.79 Å². The highest BCUT2D eigenvalue weighted by atomic mass is 35.5. The van der Waals surface area contributed by atoms with Gasteiger partial charge in [-0.25, -0.2) is 9.78 Å². The Balaban J connectivity index is 2.30. The number of aryl methyl sites for hydroxylation is 1. The predicted molar refractivity (Wildman–Crippen MR) is 75.5 cm³/mol. The number of fused-ring (bicyclic) bond motifs is 1. The fraction of sp³-hybridized carbons (Fsp3) is 0.0667. The van der Waals surface area contributed by atoms with E-state index in [2.05, 4.69) is 4.98 Å². The van der Waals surface area contributed by atoms with Gasteiger partial charge in [0.15, 0.2) is 0 Å². The Labute approximate surface area is 114 Å². The van der Waals surface area contributed by atoms with Gasteiger partial charge in [-0.05, 0) is 31.2 Å². The predicted octanol–water partition coefficient (Wildman–Crippen LogP) is 3.82. The van der Waals surface area contributed by atoms with Gasteiger partial charge >= 0.3 is 5.63 Å². The molecule has 0 aliphatic carbocycles. The van der Waals surface area contributed by atoms with Crippen LogP contribution in [0.4, 0.5) is 0 Å². The Morgan fingerprint density at radius 3 is 2.74 bits per heavy atom. The minimum absolute atomic E-state index is 0.309. The number of aromatic nitrogens is 1. The molecule has 0 amide bonds. The first-order valence-corrected chi connectivity index (χ1v) is 6.19. The minimum atomic E-state index is -0.466. The van der Waals surface area contributed by atoms with Gasteiger partial charge in [0.1, 0.15) is 5.39 Å². The second-order valence-electron chi connectivity index (χ2n) is 4.31. The summed E-state index contributed by atoms with van der Waals surface area (Å²) in [5.41, 5.74) is 1.93. The first-order valence-electron chi connectivity index (χ1n) is 5.81. The van der Waals surface area contributed by atoms with Crippen molar-refractivity contribution in [2.75, 3.05) is 0 Å². The highest BCUT2D eigenvalue weighted by Gasteiger charge is 2.10. The summed E-state index contributed by atoms with van der Waals surface area (Å²) in [7, 11) is 0. The zero-order valence-corrected chi connectivity index (χ0v) is 10.9. The van der Waals surface area contributed by atoms with E-state index in [1.54, 1.807) is 18.2 Å². The third-order valence-electron chi connectivity index (χ3n) is 2.87. The number of hydrogen-bond acceptors (Lipinski definition) is 3. The van der Waals surface area contributed by atoms with Crippen LogP contribution in [0.3, 0.4) is 0 Å². The van der Waals surface area contributed by atoms with Crippen molar-refractivity contribution in [2.24, 2.45) is 0 Å². The van der Waals surface area contributed by atoms with Gasteiger partial charge in [-0.3, -0.25) is 0 Å². The Hall–Kier alpha value is -2.13. The van der Waals surface area contributed by atoms with Crippen LogP contribution < -0.4 is 5.63 Å². The SMILES string of the molecule is Cc1cccc(-c2nc3cccc(Cl)c3c(=O)o2)c1. The average molecular weight is 272 g/mol. The van der Waals surface area contributed by atoms with E-state index < -0.39 is 5.63 Å². The summed E-state index contributed by atoms with van der Waals surface area (Å²) in [6.07, 6.45) is 0. The van der Waals surface area contributed by atoms with Crippen LogP contribution in [0.1, 0.15) is 5.56 Å². The highest BCUT2D eigenvalue weighted by molar-refractivity contribution is 6.35. The summed E-state index contributed by atoms with van der Waals surface area (Å²) in [4.78, 5) is 16.3. The van der Waals surface area contributed by atoms with E-state index in [0.717, 1.165) is 11.1 Å². The molecule has 3 rings (SSSR count). The molecule has 19 heavy (non-hydrogen) atoms. The fourth-order valence-corrected chi connectivity index (χ4v) is 2.23. The summed E-state index contributed by atoms with van der Waals surface area (Å²) in [5.74, 6) is 0.309. The van der Waals surface area contributed by atoms with Gasteiger partial charge in [0.2, 0.25) is 5.89 Å². The molecular formula is C15H10ClNO2. The molecule has 1 aromatic heterocycles. The third-order valence-corrected chi connectivity index (χ3v) is 3.19. The van der Waals surface area contributed by atoms with Gasteiger partial charge in [0, 0.05) is 5.56 Å². The first-order chi connectivity index (χ1) is 9.15. The Bertz CT molecular complexity index is 824. The molecule has 0 radical (unpaired) electrons. The monoisotopic (exact) mass is 271 g/mol. The Morgan fingerprint density at radius 2 is 1.95 bits per heavy atom. The molecule has 94 valence electrons. The molecule has 0 bridgehead atoms. The van der Waals surface area contributed by atoms with Crippen LogP contribution in [0.2, 0.25) is 5.02 Å². The molecule has 0 atom stereocenters. The smallest absolute Gasteiger partial charge is 0.348 e. The molecule has 0 saturated carbocycles. The molecular weight excluding hydrogens is 262 g/mol. The molecule has 0 aliphatic heterocycles. The second-order valence-corrected chi connectivity index (χ2v) is 4.72. The Kier molecular flexibility index (Phi) is 2.84. The molecule has 0 unspecified atom stereocenters. The van der Waals surface area contributed by atoms with Crippen molar-refractivity contribution >= 4 is 22.5 Å². The van der Waals surface area contributed by atoms with E-state index in [0.29, 0.717) is 21.8 Å². The van der Waals surface area contributed by atoms with E-state index in [-0.39, 0.29) is 0 Å². The van der Waals surface area contributed by atoms with Crippen molar-refractivity contribution in [3.8, 4) is 11.5 Å². The summed E-state index contributed by atoms with van der Waals surface area (Å²) >= 11 is 5.99. The molecule has 3 aromatic rings. The van der Waals surface area contributed by atoms with Crippen molar-refractivity contribution in [3.63, 3.8) is 0 Å². The standard InChI is InChI=1S/C15H10ClNO2/c1-9-4-2-5-10(8-9)14-17-12-7-3-6-11(16)13(12)15(18)19-14/h2-8H,1H3. The van der Waals surface area contributed by atoms with Crippen molar-refractivity contribution < 1.29 is 4.42 Å². The molecule has 0 aliphatic rings. The average Bonchev–Trinajstić information content (AvgIpc) is 2.38. The normalized spacial score (nSPS) is 10.8. The van der Waals surface area contributed by atoms with Crippen LogP contribution in [-0.4, -0.2) is 4.98 Å². The topological polar surface area (TPSA) is 43.1 Å². The maximum absolute atomic E-state index is 12.0. The van der Waals surface area contributed by atoms with Gasteiger partial charge in [0.25, 0.3) is 0 Å². The van der Waals surface area contributed by atoms with Crippen LogP contribution in [0.5, 0.6) is 0 Å². The molecule has 0 spiro atoms. The zero-order chi connectivity index (χ0) is 13.4. The molecule has 0 fully saturated rings. The van der Waals surface area contributed by atoms with Crippen molar-refractivity contribution in [2.45, 2.75) is 6.92 Å². The summed E-state index contributed by atoms with van der Waals surface area (Å²) < 4.78 is 5.26. The van der Waals surface area contributed by atoms with Crippen LogP contribution in [0, 0.1) is 6.92 Å². The van der Waals surface area contributed by atoms with Gasteiger partial charge in [0.05, 0.1) is 10.5 Å². The third kappa shape index (κ3) is 2.13. The Morgan fingerprint density at radius 1 is 1.16 bits per heavy atom. The highest BCUT2D eigenvalue weighted by Crippen LogP contribution is 2.23. The second kappa shape index (κ2) is 4.52. The lowest BCUT2D eigenvalue weighted by Crippen LogP contribution is -2.03. The molecule has 2 aromatic carbocycles. The summed E-state index contributed by atoms with van der Waals surface area (Å²) in [5, 5.41) is 0.676. The number of rotatable bonds is 1. The van der Waals surface area contributed by atoms with Crippen LogP contribution in [-0.2, 0) is 0 Å². The summed E-state index contributed by atoms with van der Waals surface area (Å²) in [6, 6.07) is 12.8. The van der Waals surface area contributed by atoms with E-state index >= 15 is 0 Å². The first kappa shape index (κ1) is 11.9. The lowest BCUT2D eigenvalue weighted by atomic mass is 10.1. The molecule has 4 heteroatoms. The fourth-order valence-electron chi connectivity index (χ4n) is 1.98. The lowest BCUT2D eigenvalue weighted by Gasteiger charge is -2.03. The van der Waals surface area contributed by atoms with Crippen LogP contribution in [0.25, 0.3) is 22.4 Å². The van der Waals surface area contributed by atoms with E-state index in [1.807, 2.05) is 31.2 Å². The van der Waals surface area contributed by atoms with Crippen molar-refractivity contribution in [1.29, 1.82) is 0 Å². The van der Waals surface area contributed by atoms with Crippen molar-refractivity contribution in [1.82, 2.24) is 4.98 Å². The summed E-state index contributed by atoms with van der Waals surface area (Å²) in [6.45, 7) is 1.97. The van der Waals surface area contributed by atoms with E-state index in [4.69, 9.17) is 16.0 Å². The molecule has 0 saturated heterocycles. The maximum atomic E-state index is 12.0.